The van der Waals surface area contributed by atoms with Gasteiger partial charge in [-0.3, -0.25) is 9.89 Å². The second-order valence-corrected chi connectivity index (χ2v) is 3.73. The van der Waals surface area contributed by atoms with Crippen LogP contribution in [-0.4, -0.2) is 21.1 Å². The Kier molecular flexibility index (Phi) is 2.81. The maximum absolute atomic E-state index is 13.1. The van der Waals surface area contributed by atoms with Crippen LogP contribution >= 0.6 is 0 Å². The smallest absolute Gasteiger partial charge is 0.214 e. The largest absolute Gasteiger partial charge is 0.507 e. The van der Waals surface area contributed by atoms with E-state index in [1.165, 1.54) is 19.1 Å². The average molecular weight is 245 g/mol. The van der Waals surface area contributed by atoms with E-state index in [9.17, 15) is 14.3 Å². The lowest BCUT2D eigenvalue weighted by Gasteiger charge is -2.04. The minimum Gasteiger partial charge on any atom is -0.507 e. The van der Waals surface area contributed by atoms with Crippen molar-refractivity contribution < 1.29 is 14.3 Å². The number of aromatic nitrogens is 2. The number of aromatic amines is 1. The molecule has 0 saturated carbocycles. The third-order valence-corrected chi connectivity index (χ3v) is 2.46. The number of nitrogens with one attached hydrogen (secondary N) is 1. The maximum atomic E-state index is 13.1. The number of aryl methyl sites for hydroxylation is 1. The van der Waals surface area contributed by atoms with Crippen molar-refractivity contribution in [2.24, 2.45) is 0 Å². The summed E-state index contributed by atoms with van der Waals surface area (Å²) >= 11 is 0. The molecule has 5 nitrogen and oxygen atoms in total. The molecule has 0 radical (unpaired) electrons. The molecule has 0 spiro atoms. The van der Waals surface area contributed by atoms with Crippen molar-refractivity contribution in [1.82, 2.24) is 10.2 Å². The molecule has 0 atom stereocenters. The Labute approximate surface area is 101 Å². The molecule has 1 aromatic carbocycles. The van der Waals surface area contributed by atoms with Gasteiger partial charge >= 0.3 is 0 Å². The molecular weight excluding hydrogens is 237 g/mol. The fraction of sp³-hybridized carbons (Fsp3) is 0.0833. The SMILES string of the molecule is Cc1cc(C(=O)c2cc(C#N)n[nH]2)c(O)cc1F. The highest BCUT2D eigenvalue weighted by Gasteiger charge is 2.18. The van der Waals surface area contributed by atoms with Crippen LogP contribution in [0.15, 0.2) is 18.2 Å². The van der Waals surface area contributed by atoms with Crippen LogP contribution in [0, 0.1) is 24.1 Å². The lowest BCUT2D eigenvalue weighted by atomic mass is 10.0. The highest BCUT2D eigenvalue weighted by atomic mass is 19.1. The van der Waals surface area contributed by atoms with Crippen LogP contribution in [0.2, 0.25) is 0 Å². The maximum Gasteiger partial charge on any atom is 0.214 e. The monoisotopic (exact) mass is 245 g/mol. The lowest BCUT2D eigenvalue weighted by Crippen LogP contribution is -2.03. The van der Waals surface area contributed by atoms with Crippen LogP contribution in [0.1, 0.15) is 27.3 Å². The van der Waals surface area contributed by atoms with Crippen LogP contribution in [0.4, 0.5) is 4.39 Å². The van der Waals surface area contributed by atoms with Gasteiger partial charge in [0.1, 0.15) is 23.3 Å². The van der Waals surface area contributed by atoms with Crippen molar-refractivity contribution in [3.05, 3.63) is 46.5 Å². The molecule has 1 heterocycles. The fourth-order valence-corrected chi connectivity index (χ4v) is 1.49. The van der Waals surface area contributed by atoms with E-state index in [1.807, 2.05) is 0 Å². The molecule has 2 N–H and O–H groups in total. The quantitative estimate of drug-likeness (QED) is 0.787. The van der Waals surface area contributed by atoms with Crippen LogP contribution in [0.5, 0.6) is 5.75 Å². The number of nitriles is 1. The Bertz CT molecular complexity index is 670. The van der Waals surface area contributed by atoms with Crippen LogP contribution < -0.4 is 0 Å². The number of carbonyl (C=O) groups is 1. The number of nitrogens with zero attached hydrogens (tertiary/aromatic N) is 2. The summed E-state index contributed by atoms with van der Waals surface area (Å²) in [7, 11) is 0. The van der Waals surface area contributed by atoms with E-state index >= 15 is 0 Å². The predicted octanol–water partition coefficient (Wildman–Crippen LogP) is 1.67. The van der Waals surface area contributed by atoms with E-state index in [4.69, 9.17) is 5.26 Å². The number of phenolic OH excluding ortho intramolecular Hbond substituents is 1. The van der Waals surface area contributed by atoms with Crippen molar-refractivity contribution in [3.8, 4) is 11.8 Å². The van der Waals surface area contributed by atoms with Gasteiger partial charge in [0, 0.05) is 12.1 Å². The number of halogens is 1. The van der Waals surface area contributed by atoms with Gasteiger partial charge in [0.25, 0.3) is 0 Å². The molecule has 0 saturated heterocycles. The molecule has 18 heavy (non-hydrogen) atoms. The summed E-state index contributed by atoms with van der Waals surface area (Å²) in [5.74, 6) is -1.59. The van der Waals surface area contributed by atoms with E-state index in [0.29, 0.717) is 0 Å². The molecule has 0 aliphatic heterocycles. The number of carbonyl (C=O) groups excluding carboxylic acids is 1. The topological polar surface area (TPSA) is 89.8 Å². The van der Waals surface area contributed by atoms with Crippen molar-refractivity contribution in [1.29, 1.82) is 5.26 Å². The first-order chi connectivity index (χ1) is 8.52. The van der Waals surface area contributed by atoms with Crippen molar-refractivity contribution in [3.63, 3.8) is 0 Å². The number of aromatic hydroxyl groups is 1. The molecule has 0 unspecified atom stereocenters. The standard InChI is InChI=1S/C12H8FN3O2/c1-6-2-8(11(17)4-9(6)13)12(18)10-3-7(5-14)15-16-10/h2-4,17H,1H3,(H,15,16). The van der Waals surface area contributed by atoms with Gasteiger partial charge in [-0.25, -0.2) is 4.39 Å². The second kappa shape index (κ2) is 4.30. The average Bonchev–Trinajstić information content (AvgIpc) is 2.81. The fourth-order valence-electron chi connectivity index (χ4n) is 1.49. The first kappa shape index (κ1) is 11.8. The van der Waals surface area contributed by atoms with Crippen LogP contribution in [0.3, 0.4) is 0 Å². The zero-order valence-electron chi connectivity index (χ0n) is 9.36. The minimum absolute atomic E-state index is 0.0398. The van der Waals surface area contributed by atoms with E-state index in [-0.39, 0.29) is 22.5 Å². The van der Waals surface area contributed by atoms with Gasteiger partial charge in [0.2, 0.25) is 5.78 Å². The molecule has 0 fully saturated rings. The second-order valence-electron chi connectivity index (χ2n) is 3.73. The van der Waals surface area contributed by atoms with Gasteiger partial charge in [-0.2, -0.15) is 10.4 Å². The van der Waals surface area contributed by atoms with Crippen LogP contribution in [-0.2, 0) is 0 Å². The Morgan fingerprint density at radius 3 is 2.83 bits per heavy atom. The molecule has 1 aromatic heterocycles. The van der Waals surface area contributed by atoms with Gasteiger partial charge in [-0.05, 0) is 18.6 Å². The number of hydrogen-bond acceptors (Lipinski definition) is 4. The zero-order chi connectivity index (χ0) is 13.3. The van der Waals surface area contributed by atoms with E-state index in [2.05, 4.69) is 10.2 Å². The summed E-state index contributed by atoms with van der Waals surface area (Å²) < 4.78 is 13.1. The third kappa shape index (κ3) is 1.94. The summed E-state index contributed by atoms with van der Waals surface area (Å²) in [5.41, 5.74) is 0.336. The number of benzene rings is 1. The molecule has 2 rings (SSSR count). The summed E-state index contributed by atoms with van der Waals surface area (Å²) in [4.78, 5) is 12.0. The Morgan fingerprint density at radius 1 is 1.50 bits per heavy atom. The molecule has 90 valence electrons. The Hall–Kier alpha value is -2.68. The number of rotatable bonds is 2. The number of hydrogen-bond donors (Lipinski definition) is 2. The third-order valence-electron chi connectivity index (χ3n) is 2.46. The summed E-state index contributed by atoms with van der Waals surface area (Å²) in [6.45, 7) is 1.49. The van der Waals surface area contributed by atoms with Gasteiger partial charge in [0.05, 0.1) is 5.56 Å². The van der Waals surface area contributed by atoms with Gasteiger partial charge < -0.3 is 5.11 Å². The Morgan fingerprint density at radius 2 is 2.22 bits per heavy atom. The number of H-pyrrole nitrogens is 1. The van der Waals surface area contributed by atoms with Crippen molar-refractivity contribution in [2.45, 2.75) is 6.92 Å². The first-order valence-corrected chi connectivity index (χ1v) is 5.02. The van der Waals surface area contributed by atoms with Crippen molar-refractivity contribution >= 4 is 5.78 Å². The molecule has 6 heteroatoms. The van der Waals surface area contributed by atoms with Gasteiger partial charge in [-0.1, -0.05) is 0 Å². The highest BCUT2D eigenvalue weighted by Crippen LogP contribution is 2.23. The molecule has 0 amide bonds. The summed E-state index contributed by atoms with van der Waals surface area (Å²) in [6.07, 6.45) is 0. The normalized spacial score (nSPS) is 10.1. The van der Waals surface area contributed by atoms with E-state index < -0.39 is 17.3 Å². The summed E-state index contributed by atoms with van der Waals surface area (Å²) in [5, 5.41) is 24.1. The van der Waals surface area contributed by atoms with E-state index in [0.717, 1.165) is 6.07 Å². The van der Waals surface area contributed by atoms with Crippen molar-refractivity contribution in [2.75, 3.05) is 0 Å². The predicted molar refractivity (Wildman–Crippen MR) is 59.5 cm³/mol. The van der Waals surface area contributed by atoms with Crippen LogP contribution in [0.25, 0.3) is 0 Å². The molecule has 2 aromatic rings. The van der Waals surface area contributed by atoms with Gasteiger partial charge in [-0.15, -0.1) is 0 Å². The number of ketones is 1. The molecule has 0 aliphatic carbocycles. The molecule has 0 bridgehead atoms. The summed E-state index contributed by atoms with van der Waals surface area (Å²) in [6, 6.07) is 5.17. The first-order valence-electron chi connectivity index (χ1n) is 5.02. The number of phenols is 1. The lowest BCUT2D eigenvalue weighted by molar-refractivity contribution is 0.103. The molecular formula is C12H8FN3O2. The highest BCUT2D eigenvalue weighted by molar-refractivity contribution is 6.09. The zero-order valence-corrected chi connectivity index (χ0v) is 9.36. The minimum atomic E-state index is -0.591. The van der Waals surface area contributed by atoms with E-state index in [1.54, 1.807) is 6.07 Å². The molecule has 0 aliphatic rings. The Balaban J connectivity index is 2.46. The van der Waals surface area contributed by atoms with Gasteiger partial charge in [0.15, 0.2) is 5.69 Å².